The molecule has 2 bridgehead atoms. The fraction of sp³-hybridized carbons (Fsp3) is 0.182. The van der Waals surface area contributed by atoms with E-state index in [1.807, 2.05) is 0 Å². The smallest absolute Gasteiger partial charge is 0.387 e. The standard InChI is InChI=1S/C22H14F3N5O2/c23-11-4-10(7-26-8-11)14-6-16-19-13-5-15(20(19)29-30(16)9-27-14)28-21(31)12-2-1-3-17(18(12)13)32-22(24)25/h1-4,6-9,13,15,22H,5H2,(H,28,31). The molecule has 0 radical (unpaired) electrons. The molecule has 2 aliphatic rings. The molecule has 0 spiro atoms. The van der Waals surface area contributed by atoms with E-state index in [2.05, 4.69) is 20.4 Å². The molecule has 2 unspecified atom stereocenters. The van der Waals surface area contributed by atoms with Gasteiger partial charge in [0.25, 0.3) is 5.91 Å². The topological polar surface area (TPSA) is 81.4 Å². The van der Waals surface area contributed by atoms with E-state index in [0.717, 1.165) is 11.8 Å². The molecule has 1 aromatic carbocycles. The molecule has 1 aliphatic heterocycles. The van der Waals surface area contributed by atoms with Crippen molar-refractivity contribution in [2.75, 3.05) is 0 Å². The summed E-state index contributed by atoms with van der Waals surface area (Å²) in [6.45, 7) is -3.02. The average Bonchev–Trinajstić information content (AvgIpc) is 3.25. The highest BCUT2D eigenvalue weighted by atomic mass is 19.3. The summed E-state index contributed by atoms with van der Waals surface area (Å²) in [6.07, 6.45) is 4.58. The Morgan fingerprint density at radius 1 is 1.19 bits per heavy atom. The predicted octanol–water partition coefficient (Wildman–Crippen LogP) is 3.85. The first-order valence-corrected chi connectivity index (χ1v) is 9.87. The Morgan fingerprint density at radius 2 is 2.06 bits per heavy atom. The van der Waals surface area contributed by atoms with E-state index in [1.54, 1.807) is 16.6 Å². The summed E-state index contributed by atoms with van der Waals surface area (Å²) in [5, 5.41) is 7.53. The molecule has 1 amide bonds. The van der Waals surface area contributed by atoms with E-state index in [0.29, 0.717) is 40.0 Å². The summed E-state index contributed by atoms with van der Waals surface area (Å²) < 4.78 is 46.2. The molecule has 1 aliphatic carbocycles. The van der Waals surface area contributed by atoms with Gasteiger partial charge in [0, 0.05) is 34.4 Å². The maximum Gasteiger partial charge on any atom is 0.387 e. The molecule has 4 heterocycles. The van der Waals surface area contributed by atoms with Gasteiger partial charge < -0.3 is 10.1 Å². The number of amides is 1. The number of pyridine rings is 1. The number of aromatic nitrogens is 4. The minimum absolute atomic E-state index is 0.0332. The van der Waals surface area contributed by atoms with Crippen LogP contribution in [0.2, 0.25) is 0 Å². The molecule has 32 heavy (non-hydrogen) atoms. The lowest BCUT2D eigenvalue weighted by Crippen LogP contribution is -2.27. The van der Waals surface area contributed by atoms with Gasteiger partial charge in [-0.15, -0.1) is 0 Å². The van der Waals surface area contributed by atoms with Crippen LogP contribution in [0.5, 0.6) is 5.75 Å². The zero-order chi connectivity index (χ0) is 22.0. The molecule has 7 nitrogen and oxygen atoms in total. The van der Waals surface area contributed by atoms with E-state index in [9.17, 15) is 18.0 Å². The van der Waals surface area contributed by atoms with E-state index in [-0.39, 0.29) is 17.7 Å². The van der Waals surface area contributed by atoms with Crippen molar-refractivity contribution in [2.45, 2.75) is 25.0 Å². The summed E-state index contributed by atoms with van der Waals surface area (Å²) in [6, 6.07) is 7.26. The van der Waals surface area contributed by atoms with Crippen LogP contribution in [0.3, 0.4) is 0 Å². The van der Waals surface area contributed by atoms with Gasteiger partial charge in [-0.05, 0) is 30.7 Å². The van der Waals surface area contributed by atoms with Crippen LogP contribution >= 0.6 is 0 Å². The van der Waals surface area contributed by atoms with Gasteiger partial charge in [0.05, 0.1) is 29.1 Å². The number of benzene rings is 1. The number of ether oxygens (including phenoxy) is 1. The summed E-state index contributed by atoms with van der Waals surface area (Å²) in [5.74, 6) is -1.27. The van der Waals surface area contributed by atoms with Crippen LogP contribution in [0.15, 0.2) is 49.1 Å². The average molecular weight is 437 g/mol. The van der Waals surface area contributed by atoms with Crippen molar-refractivity contribution in [3.8, 4) is 17.0 Å². The summed E-state index contributed by atoms with van der Waals surface area (Å²) in [5.41, 5.74) is 3.84. The molecule has 0 saturated carbocycles. The number of carbonyl (C=O) groups is 1. The van der Waals surface area contributed by atoms with Crippen molar-refractivity contribution in [1.82, 2.24) is 24.9 Å². The fourth-order valence-electron chi connectivity index (χ4n) is 4.71. The van der Waals surface area contributed by atoms with Gasteiger partial charge in [0.2, 0.25) is 0 Å². The molecule has 0 saturated heterocycles. The first-order chi connectivity index (χ1) is 15.5. The van der Waals surface area contributed by atoms with E-state index < -0.39 is 18.3 Å². The van der Waals surface area contributed by atoms with Crippen LogP contribution in [0.25, 0.3) is 16.8 Å². The maximum absolute atomic E-state index is 13.7. The molecule has 2 atom stereocenters. The number of carbonyl (C=O) groups excluding carboxylic acids is 1. The highest BCUT2D eigenvalue weighted by molar-refractivity contribution is 5.98. The molecule has 3 aromatic heterocycles. The van der Waals surface area contributed by atoms with Gasteiger partial charge in [0.15, 0.2) is 0 Å². The quantitative estimate of drug-likeness (QED) is 0.527. The second-order valence-corrected chi connectivity index (χ2v) is 7.70. The van der Waals surface area contributed by atoms with Crippen LogP contribution in [0.4, 0.5) is 13.2 Å². The Bertz CT molecular complexity index is 1400. The molecule has 0 fully saturated rings. The fourth-order valence-corrected chi connectivity index (χ4v) is 4.71. The Labute approximate surface area is 178 Å². The van der Waals surface area contributed by atoms with Crippen molar-refractivity contribution in [2.24, 2.45) is 0 Å². The van der Waals surface area contributed by atoms with Crippen LogP contribution < -0.4 is 10.1 Å². The lowest BCUT2D eigenvalue weighted by Gasteiger charge is -2.19. The van der Waals surface area contributed by atoms with Crippen molar-refractivity contribution < 1.29 is 22.7 Å². The lowest BCUT2D eigenvalue weighted by molar-refractivity contribution is -0.0505. The van der Waals surface area contributed by atoms with Crippen molar-refractivity contribution in [1.29, 1.82) is 0 Å². The van der Waals surface area contributed by atoms with Gasteiger partial charge in [0.1, 0.15) is 17.9 Å². The highest BCUT2D eigenvalue weighted by Gasteiger charge is 2.43. The third-order valence-corrected chi connectivity index (χ3v) is 5.92. The van der Waals surface area contributed by atoms with Crippen molar-refractivity contribution in [3.05, 3.63) is 77.3 Å². The largest absolute Gasteiger partial charge is 0.434 e. The molecule has 4 aromatic rings. The van der Waals surface area contributed by atoms with Crippen LogP contribution in [0, 0.1) is 5.82 Å². The van der Waals surface area contributed by atoms with E-state index in [1.165, 1.54) is 30.7 Å². The minimum Gasteiger partial charge on any atom is -0.434 e. The second kappa shape index (κ2) is 6.78. The van der Waals surface area contributed by atoms with Gasteiger partial charge in [-0.3, -0.25) is 9.78 Å². The van der Waals surface area contributed by atoms with E-state index >= 15 is 0 Å². The predicted molar refractivity (Wildman–Crippen MR) is 106 cm³/mol. The zero-order valence-electron chi connectivity index (χ0n) is 16.3. The number of rotatable bonds is 3. The van der Waals surface area contributed by atoms with Gasteiger partial charge in [-0.1, -0.05) is 6.07 Å². The first-order valence-electron chi connectivity index (χ1n) is 9.87. The van der Waals surface area contributed by atoms with Crippen molar-refractivity contribution >= 4 is 11.4 Å². The summed E-state index contributed by atoms with van der Waals surface area (Å²) >= 11 is 0. The van der Waals surface area contributed by atoms with E-state index in [4.69, 9.17) is 4.74 Å². The third kappa shape index (κ3) is 2.75. The Balaban J connectivity index is 1.57. The third-order valence-electron chi connectivity index (χ3n) is 5.92. The Kier molecular flexibility index (Phi) is 3.98. The van der Waals surface area contributed by atoms with Crippen LogP contribution in [-0.2, 0) is 0 Å². The normalized spacial score (nSPS) is 18.9. The SMILES string of the molecule is O=C1NC2CC(c3c(OC(F)F)cccc31)c1c2nn2cnc(-c3cncc(F)c3)cc12. The number of hydrogen-bond donors (Lipinski definition) is 1. The summed E-state index contributed by atoms with van der Waals surface area (Å²) in [7, 11) is 0. The maximum atomic E-state index is 13.7. The molecule has 160 valence electrons. The Morgan fingerprint density at radius 3 is 2.88 bits per heavy atom. The molecule has 1 N–H and O–H groups in total. The number of halogens is 3. The number of alkyl halides is 2. The van der Waals surface area contributed by atoms with Crippen molar-refractivity contribution in [3.63, 3.8) is 0 Å². The Hall–Kier alpha value is -3.95. The first kappa shape index (κ1) is 18.8. The molecular formula is C22H14F3N5O2. The van der Waals surface area contributed by atoms with Gasteiger partial charge in [-0.2, -0.15) is 13.9 Å². The number of nitrogens with zero attached hydrogens (tertiary/aromatic N) is 4. The zero-order valence-corrected chi connectivity index (χ0v) is 16.3. The molecule has 10 heteroatoms. The minimum atomic E-state index is -3.02. The molecular weight excluding hydrogens is 423 g/mol. The number of nitrogens with one attached hydrogen (secondary N) is 1. The van der Waals surface area contributed by atoms with Crippen LogP contribution in [0.1, 0.15) is 45.6 Å². The lowest BCUT2D eigenvalue weighted by atomic mass is 9.89. The van der Waals surface area contributed by atoms with Gasteiger partial charge in [-0.25, -0.2) is 13.9 Å². The van der Waals surface area contributed by atoms with Gasteiger partial charge >= 0.3 is 6.61 Å². The summed E-state index contributed by atoms with van der Waals surface area (Å²) in [4.78, 5) is 21.0. The number of fused-ring (bicyclic) bond motifs is 9. The number of hydrogen-bond acceptors (Lipinski definition) is 5. The molecule has 6 rings (SSSR count). The van der Waals surface area contributed by atoms with Crippen LogP contribution in [-0.4, -0.2) is 32.1 Å². The highest BCUT2D eigenvalue weighted by Crippen LogP contribution is 2.51. The monoisotopic (exact) mass is 437 g/mol. The second-order valence-electron chi connectivity index (χ2n) is 7.70.